The van der Waals surface area contributed by atoms with Crippen molar-refractivity contribution in [2.24, 2.45) is 0 Å². The van der Waals surface area contributed by atoms with Crippen LogP contribution in [0.15, 0.2) is 36.4 Å². The number of carbonyl (C=O) groups is 1. The highest BCUT2D eigenvalue weighted by molar-refractivity contribution is 6.32. The van der Waals surface area contributed by atoms with E-state index in [-0.39, 0.29) is 12.0 Å². The van der Waals surface area contributed by atoms with Gasteiger partial charge in [-0.3, -0.25) is 4.79 Å². The molecule has 6 heteroatoms. The van der Waals surface area contributed by atoms with Crippen molar-refractivity contribution in [3.8, 4) is 16.9 Å². The number of hydrogen-bond donors (Lipinski definition) is 0. The highest BCUT2D eigenvalue weighted by Gasteiger charge is 2.46. The zero-order valence-corrected chi connectivity index (χ0v) is 15.0. The van der Waals surface area contributed by atoms with Crippen LogP contribution in [-0.4, -0.2) is 35.9 Å². The lowest BCUT2D eigenvalue weighted by Crippen LogP contribution is -2.58. The number of rotatable bonds is 3. The first-order valence-electron chi connectivity index (χ1n) is 8.64. The molecule has 2 heterocycles. The Labute approximate surface area is 155 Å². The molecular formula is C20H18ClF2NO2. The molecule has 0 bridgehead atoms. The molecule has 1 unspecified atom stereocenters. The van der Waals surface area contributed by atoms with Crippen LogP contribution in [0.25, 0.3) is 11.1 Å². The van der Waals surface area contributed by atoms with Crippen LogP contribution in [-0.2, 0) is 6.42 Å². The van der Waals surface area contributed by atoms with E-state index >= 15 is 0 Å². The largest absolute Gasteiger partial charge is 0.488 e. The molecule has 0 saturated carbocycles. The summed E-state index contributed by atoms with van der Waals surface area (Å²) >= 11 is 6.28. The van der Waals surface area contributed by atoms with Crippen molar-refractivity contribution in [3.05, 3.63) is 52.5 Å². The zero-order valence-electron chi connectivity index (χ0n) is 14.3. The molecular weight excluding hydrogens is 360 g/mol. The fourth-order valence-corrected chi connectivity index (χ4v) is 3.80. The molecule has 0 N–H and O–H groups in total. The Morgan fingerprint density at radius 1 is 1.23 bits per heavy atom. The van der Waals surface area contributed by atoms with E-state index in [9.17, 15) is 13.6 Å². The summed E-state index contributed by atoms with van der Waals surface area (Å²) in [5.41, 5.74) is 2.99. The smallest absolute Gasteiger partial charge is 0.282 e. The molecule has 0 radical (unpaired) electrons. The Morgan fingerprint density at radius 2 is 1.96 bits per heavy atom. The fraction of sp³-hybridized carbons (Fsp3) is 0.350. The van der Waals surface area contributed by atoms with Crippen LogP contribution in [0.4, 0.5) is 8.78 Å². The average molecular weight is 378 g/mol. The van der Waals surface area contributed by atoms with Crippen molar-refractivity contribution >= 4 is 17.5 Å². The normalized spacial score (nSPS) is 20.3. The third-order valence-electron chi connectivity index (χ3n) is 4.96. The number of fused-ring (bicyclic) bond motifs is 1. The maximum absolute atomic E-state index is 13.2. The van der Waals surface area contributed by atoms with E-state index in [0.29, 0.717) is 22.8 Å². The number of carbonyl (C=O) groups excluding carboxylic acids is 1. The van der Waals surface area contributed by atoms with E-state index in [1.165, 1.54) is 4.90 Å². The SMILES string of the molecule is CCC1Cc2c(-c3ccccc3C(=O)N3CC(F)(F)C3)ccc(Cl)c2O1. The van der Waals surface area contributed by atoms with Gasteiger partial charge in [0.2, 0.25) is 0 Å². The van der Waals surface area contributed by atoms with E-state index in [1.54, 1.807) is 18.2 Å². The highest BCUT2D eigenvalue weighted by atomic mass is 35.5. The Kier molecular flexibility index (Phi) is 4.14. The first kappa shape index (κ1) is 17.3. The third-order valence-corrected chi connectivity index (χ3v) is 5.26. The summed E-state index contributed by atoms with van der Waals surface area (Å²) < 4.78 is 32.3. The first-order chi connectivity index (χ1) is 12.4. The van der Waals surface area contributed by atoms with Gasteiger partial charge in [-0.25, -0.2) is 8.78 Å². The van der Waals surface area contributed by atoms with Crippen LogP contribution in [0.5, 0.6) is 5.75 Å². The van der Waals surface area contributed by atoms with Crippen molar-refractivity contribution in [3.63, 3.8) is 0 Å². The fourth-order valence-electron chi connectivity index (χ4n) is 3.58. The molecule has 1 saturated heterocycles. The van der Waals surface area contributed by atoms with Crippen LogP contribution in [0.3, 0.4) is 0 Å². The molecule has 26 heavy (non-hydrogen) atoms. The lowest BCUT2D eigenvalue weighted by Gasteiger charge is -2.39. The van der Waals surface area contributed by atoms with Crippen LogP contribution >= 0.6 is 11.6 Å². The van der Waals surface area contributed by atoms with Crippen LogP contribution in [0.2, 0.25) is 5.02 Å². The molecule has 1 fully saturated rings. The van der Waals surface area contributed by atoms with Crippen molar-refractivity contribution in [2.45, 2.75) is 31.8 Å². The minimum atomic E-state index is -2.78. The van der Waals surface area contributed by atoms with E-state index < -0.39 is 19.0 Å². The van der Waals surface area contributed by atoms with Gasteiger partial charge in [-0.1, -0.05) is 42.8 Å². The van der Waals surface area contributed by atoms with Crippen molar-refractivity contribution in [1.29, 1.82) is 0 Å². The van der Waals surface area contributed by atoms with Gasteiger partial charge in [0.25, 0.3) is 11.8 Å². The number of nitrogens with zero attached hydrogens (tertiary/aromatic N) is 1. The molecule has 1 amide bonds. The molecule has 0 aliphatic carbocycles. The van der Waals surface area contributed by atoms with Gasteiger partial charge >= 0.3 is 0 Å². The van der Waals surface area contributed by atoms with E-state index in [2.05, 4.69) is 0 Å². The zero-order chi connectivity index (χ0) is 18.5. The monoisotopic (exact) mass is 377 g/mol. The third kappa shape index (κ3) is 2.84. The number of ether oxygens (including phenoxy) is 1. The molecule has 1 atom stereocenters. The van der Waals surface area contributed by atoms with Crippen molar-refractivity contribution in [1.82, 2.24) is 4.90 Å². The second-order valence-corrected chi connectivity index (χ2v) is 7.22. The minimum Gasteiger partial charge on any atom is -0.488 e. The summed E-state index contributed by atoms with van der Waals surface area (Å²) in [6.07, 6.45) is 1.63. The number of benzene rings is 2. The van der Waals surface area contributed by atoms with Crippen LogP contribution in [0, 0.1) is 0 Å². The number of likely N-dealkylation sites (tertiary alicyclic amines) is 1. The highest BCUT2D eigenvalue weighted by Crippen LogP contribution is 2.43. The lowest BCUT2D eigenvalue weighted by atomic mass is 9.92. The quantitative estimate of drug-likeness (QED) is 0.768. The number of hydrogen-bond acceptors (Lipinski definition) is 2. The second-order valence-electron chi connectivity index (χ2n) is 6.82. The van der Waals surface area contributed by atoms with E-state index in [4.69, 9.17) is 16.3 Å². The maximum atomic E-state index is 13.2. The second kappa shape index (κ2) is 6.23. The standard InChI is InChI=1S/C20H18ClF2NO2/c1-2-12-9-16-14(7-8-17(21)18(16)26-12)13-5-3-4-6-15(13)19(25)24-10-20(22,23)11-24/h3-8,12H,2,9-11H2,1H3. The van der Waals surface area contributed by atoms with Gasteiger partial charge in [0.1, 0.15) is 11.9 Å². The molecule has 2 aliphatic rings. The summed E-state index contributed by atoms with van der Waals surface area (Å²) in [6.45, 7) is 0.992. The van der Waals surface area contributed by atoms with Gasteiger partial charge in [-0.2, -0.15) is 0 Å². The van der Waals surface area contributed by atoms with Gasteiger partial charge in [0.15, 0.2) is 0 Å². The van der Waals surface area contributed by atoms with Crippen molar-refractivity contribution < 1.29 is 18.3 Å². The van der Waals surface area contributed by atoms with E-state index in [0.717, 1.165) is 23.1 Å². The number of alkyl halides is 2. The molecule has 2 aromatic carbocycles. The predicted octanol–water partition coefficient (Wildman–Crippen LogP) is 4.81. The Hall–Kier alpha value is -2.14. The van der Waals surface area contributed by atoms with Gasteiger partial charge in [0.05, 0.1) is 18.1 Å². The summed E-state index contributed by atoms with van der Waals surface area (Å²) in [5.74, 6) is -2.50. The molecule has 3 nitrogen and oxygen atoms in total. The number of amides is 1. The molecule has 2 aliphatic heterocycles. The van der Waals surface area contributed by atoms with Gasteiger partial charge < -0.3 is 9.64 Å². The molecule has 4 rings (SSSR count). The lowest BCUT2D eigenvalue weighted by molar-refractivity contribution is -0.113. The summed E-state index contributed by atoms with van der Waals surface area (Å²) in [5, 5.41) is 0.547. The average Bonchev–Trinajstić information content (AvgIpc) is 3.05. The predicted molar refractivity (Wildman–Crippen MR) is 96.1 cm³/mol. The van der Waals surface area contributed by atoms with Crippen LogP contribution < -0.4 is 4.74 Å². The van der Waals surface area contributed by atoms with E-state index in [1.807, 2.05) is 25.1 Å². The van der Waals surface area contributed by atoms with Crippen LogP contribution in [0.1, 0.15) is 29.3 Å². The van der Waals surface area contributed by atoms with Gasteiger partial charge in [-0.05, 0) is 29.7 Å². The minimum absolute atomic E-state index is 0.0561. The molecule has 136 valence electrons. The summed E-state index contributed by atoms with van der Waals surface area (Å²) in [7, 11) is 0. The van der Waals surface area contributed by atoms with Gasteiger partial charge in [-0.15, -0.1) is 0 Å². The Morgan fingerprint density at radius 3 is 2.65 bits per heavy atom. The topological polar surface area (TPSA) is 29.5 Å². The molecule has 2 aromatic rings. The summed E-state index contributed by atoms with van der Waals surface area (Å²) in [6, 6.07) is 10.7. The molecule has 0 spiro atoms. The number of halogens is 3. The molecule has 0 aromatic heterocycles. The summed E-state index contributed by atoms with van der Waals surface area (Å²) in [4.78, 5) is 13.9. The van der Waals surface area contributed by atoms with Crippen molar-refractivity contribution in [2.75, 3.05) is 13.1 Å². The maximum Gasteiger partial charge on any atom is 0.282 e. The Bertz CT molecular complexity index is 876. The first-order valence-corrected chi connectivity index (χ1v) is 9.02. The Balaban J connectivity index is 1.75. The van der Waals surface area contributed by atoms with Gasteiger partial charge in [0, 0.05) is 17.5 Å².